The SMILES string of the molecule is Clc1ccc(C[As+](c2ccccc2)(c2ccccc2)c2ccccc2)cc1.[O-][Cl+3]([O-])([O-])[O-]. The van der Waals surface area contributed by atoms with Crippen LogP contribution in [0.4, 0.5) is 0 Å². The number of rotatable bonds is 5. The smallest absolute Gasteiger partial charge is 0.112 e. The maximum absolute atomic E-state index is 8.49. The fourth-order valence-corrected chi connectivity index (χ4v) is 12.7. The topological polar surface area (TPSA) is 92.2 Å². The van der Waals surface area contributed by atoms with Gasteiger partial charge in [-0.15, -0.1) is 10.2 Å². The molecule has 0 aromatic heterocycles. The van der Waals surface area contributed by atoms with E-state index in [9.17, 15) is 0 Å². The molecule has 0 unspecified atom stereocenters. The predicted octanol–water partition coefficient (Wildman–Crippen LogP) is -0.164. The normalized spacial score (nSPS) is 11.4. The van der Waals surface area contributed by atoms with E-state index < -0.39 is 23.8 Å². The van der Waals surface area contributed by atoms with E-state index in [-0.39, 0.29) is 0 Å². The molecular weight excluding hydrogens is 510 g/mol. The summed E-state index contributed by atoms with van der Waals surface area (Å²) in [5.74, 6) is 0. The van der Waals surface area contributed by atoms with Gasteiger partial charge in [0.15, 0.2) is 0 Å². The van der Waals surface area contributed by atoms with Crippen molar-refractivity contribution in [3.63, 3.8) is 0 Å². The van der Waals surface area contributed by atoms with Crippen molar-refractivity contribution >= 4 is 38.2 Å². The van der Waals surface area contributed by atoms with Gasteiger partial charge in [0.05, 0.1) is 0 Å². The van der Waals surface area contributed by atoms with E-state index in [2.05, 4.69) is 103 Å². The summed E-state index contributed by atoms with van der Waals surface area (Å²) < 4.78 is 38.4. The Balaban J connectivity index is 0.000000523. The Hall–Kier alpha value is -2.14. The standard InChI is InChI=1S/C25H21AsCl.ClHO4/c27-25-18-16-21(17-19-25)20-26(22-10-4-1-5-11-22,23-12-6-2-7-13-23)24-14-8-3-9-15-24;2-1(3,4)5/h1-19H,20H2;(H,2,3,4,5)/q+1;/p-1. The van der Waals surface area contributed by atoms with E-state index in [1.54, 1.807) is 0 Å². The Morgan fingerprint density at radius 3 is 1.16 bits per heavy atom. The molecule has 0 N–H and O–H groups in total. The molecule has 0 heterocycles. The van der Waals surface area contributed by atoms with E-state index in [4.69, 9.17) is 30.2 Å². The summed E-state index contributed by atoms with van der Waals surface area (Å²) >= 11 is 3.46. The van der Waals surface area contributed by atoms with Gasteiger partial charge >= 0.3 is 169 Å². The molecule has 0 fully saturated rings. The van der Waals surface area contributed by atoms with Gasteiger partial charge in [-0.05, 0) is 0 Å². The van der Waals surface area contributed by atoms with Crippen LogP contribution >= 0.6 is 11.6 Å². The average molecular weight is 531 g/mol. The maximum Gasteiger partial charge on any atom is -0.112 e. The Morgan fingerprint density at radius 2 is 0.844 bits per heavy atom. The minimum atomic E-state index is -4.94. The van der Waals surface area contributed by atoms with Crippen molar-refractivity contribution < 1.29 is 28.9 Å². The van der Waals surface area contributed by atoms with Crippen molar-refractivity contribution in [2.75, 3.05) is 0 Å². The molecule has 4 rings (SSSR count). The Bertz CT molecular complexity index is 985. The van der Waals surface area contributed by atoms with Crippen molar-refractivity contribution in [2.45, 2.75) is 5.21 Å². The largest absolute Gasteiger partial charge is 0.222 e. The van der Waals surface area contributed by atoms with Gasteiger partial charge in [-0.2, -0.15) is 0 Å². The summed E-state index contributed by atoms with van der Waals surface area (Å²) in [6.45, 7) is 0. The van der Waals surface area contributed by atoms with Gasteiger partial charge < -0.3 is 0 Å². The summed E-state index contributed by atoms with van der Waals surface area (Å²) in [5, 5.41) is 1.82. The first kappa shape index (κ1) is 24.5. The minimum absolute atomic E-state index is 0.786. The van der Waals surface area contributed by atoms with Crippen molar-refractivity contribution in [3.05, 3.63) is 126 Å². The zero-order chi connectivity index (χ0) is 23.0. The number of hydrogen-bond acceptors (Lipinski definition) is 4. The number of benzene rings is 4. The van der Waals surface area contributed by atoms with Crippen LogP contribution in [0, 0.1) is 10.2 Å². The van der Waals surface area contributed by atoms with Crippen LogP contribution in [0.1, 0.15) is 5.56 Å². The van der Waals surface area contributed by atoms with Gasteiger partial charge in [0.25, 0.3) is 0 Å². The third-order valence-electron chi connectivity index (χ3n) is 4.92. The summed E-state index contributed by atoms with van der Waals surface area (Å²) in [5.41, 5.74) is 1.34. The first-order valence-electron chi connectivity index (χ1n) is 9.70. The fraction of sp³-hybridized carbons (Fsp3) is 0.0400. The molecule has 7 heteroatoms. The van der Waals surface area contributed by atoms with Gasteiger partial charge in [0, 0.05) is 0 Å². The summed E-state index contributed by atoms with van der Waals surface area (Å²) in [7, 11) is -4.94. The van der Waals surface area contributed by atoms with E-state index in [0.29, 0.717) is 0 Å². The monoisotopic (exact) mass is 530 g/mol. The van der Waals surface area contributed by atoms with Crippen LogP contribution in [-0.4, -0.2) is 13.6 Å². The molecule has 0 aliphatic carbocycles. The quantitative estimate of drug-likeness (QED) is 0.335. The first-order valence-corrected chi connectivity index (χ1v) is 15.5. The first-order chi connectivity index (χ1) is 15.3. The molecule has 0 atom stereocenters. The fourth-order valence-electron chi connectivity index (χ4n) is 3.63. The molecule has 4 aromatic carbocycles. The van der Waals surface area contributed by atoms with E-state index in [1.807, 2.05) is 12.1 Å². The van der Waals surface area contributed by atoms with Crippen LogP contribution in [0.25, 0.3) is 0 Å². The molecule has 32 heavy (non-hydrogen) atoms. The van der Waals surface area contributed by atoms with Gasteiger partial charge in [-0.3, -0.25) is 0 Å². The minimum Gasteiger partial charge on any atom is -0.222 e. The van der Waals surface area contributed by atoms with E-state index in [1.165, 1.54) is 18.6 Å². The molecule has 0 aliphatic heterocycles. The molecule has 0 saturated heterocycles. The molecule has 0 aliphatic rings. The van der Waals surface area contributed by atoms with Crippen LogP contribution in [0.3, 0.4) is 0 Å². The second-order valence-corrected chi connectivity index (χ2v) is 15.5. The van der Waals surface area contributed by atoms with Gasteiger partial charge in [0.2, 0.25) is 0 Å². The van der Waals surface area contributed by atoms with Crippen LogP contribution in [0.2, 0.25) is 5.02 Å². The van der Waals surface area contributed by atoms with E-state index >= 15 is 0 Å². The third-order valence-corrected chi connectivity index (χ3v) is 14.4. The second-order valence-electron chi connectivity index (χ2n) is 6.98. The Labute approximate surface area is 197 Å². The second kappa shape index (κ2) is 11.1. The molecule has 4 aromatic rings. The summed E-state index contributed by atoms with van der Waals surface area (Å²) in [4.78, 5) is 0. The van der Waals surface area contributed by atoms with Gasteiger partial charge in [-0.1, -0.05) is 0 Å². The molecule has 0 bridgehead atoms. The van der Waals surface area contributed by atoms with Gasteiger partial charge in [0.1, 0.15) is 0 Å². The van der Waals surface area contributed by atoms with Crippen molar-refractivity contribution in [3.8, 4) is 0 Å². The average Bonchev–Trinajstić information content (AvgIpc) is 2.79. The van der Waals surface area contributed by atoms with Crippen molar-refractivity contribution in [1.29, 1.82) is 0 Å². The summed E-state index contributed by atoms with van der Waals surface area (Å²) in [6, 6.07) is 41.5. The summed E-state index contributed by atoms with van der Waals surface area (Å²) in [6.07, 6.45) is 0. The molecular formula is C25H21AsCl2O4. The van der Waals surface area contributed by atoms with Crippen molar-refractivity contribution in [2.24, 2.45) is 0 Å². The molecule has 0 saturated carbocycles. The van der Waals surface area contributed by atoms with E-state index in [0.717, 1.165) is 10.2 Å². The van der Waals surface area contributed by atoms with Gasteiger partial charge in [-0.25, -0.2) is 18.6 Å². The third kappa shape index (κ3) is 6.68. The van der Waals surface area contributed by atoms with Crippen LogP contribution < -0.4 is 31.7 Å². The Morgan fingerprint density at radius 1 is 0.531 bits per heavy atom. The zero-order valence-corrected chi connectivity index (χ0v) is 20.4. The number of hydrogen-bond donors (Lipinski definition) is 0. The molecule has 0 spiro atoms. The molecule has 0 amide bonds. The van der Waals surface area contributed by atoms with Crippen LogP contribution in [0.5, 0.6) is 0 Å². The maximum atomic E-state index is 8.49. The molecule has 4 nitrogen and oxygen atoms in total. The predicted molar refractivity (Wildman–Crippen MR) is 119 cm³/mol. The molecule has 164 valence electrons. The number of halogens is 2. The van der Waals surface area contributed by atoms with Crippen LogP contribution in [-0.2, 0) is 5.21 Å². The Kier molecular flexibility index (Phi) is 8.52. The molecule has 0 radical (unpaired) electrons. The van der Waals surface area contributed by atoms with Crippen LogP contribution in [0.15, 0.2) is 115 Å². The van der Waals surface area contributed by atoms with Crippen molar-refractivity contribution in [1.82, 2.24) is 0 Å². The zero-order valence-electron chi connectivity index (χ0n) is 17.0.